The number of hydrogen-bond acceptors (Lipinski definition) is 0. The van der Waals surface area contributed by atoms with Crippen LogP contribution in [-0.4, -0.2) is 0 Å². The molecule has 0 aromatic rings. The molecule has 0 N–H and O–H groups in total. The van der Waals surface area contributed by atoms with Gasteiger partial charge in [-0.25, -0.2) is 0 Å². The lowest BCUT2D eigenvalue weighted by Crippen LogP contribution is -2.19. The maximum Gasteiger partial charge on any atom is -0.0143 e. The van der Waals surface area contributed by atoms with Crippen LogP contribution in [0.2, 0.25) is 0 Å². The van der Waals surface area contributed by atoms with Gasteiger partial charge < -0.3 is 0 Å². The summed E-state index contributed by atoms with van der Waals surface area (Å²) in [6, 6.07) is 4.76. The Kier molecular flexibility index (Phi) is 2.71. The van der Waals surface area contributed by atoms with Crippen molar-refractivity contribution < 1.29 is 0 Å². The molecule has 2 saturated carbocycles. The largest absolute Gasteiger partial charge is 0.0534 e. The Bertz CT molecular complexity index is 479. The summed E-state index contributed by atoms with van der Waals surface area (Å²) in [5, 5.41) is 3.34. The van der Waals surface area contributed by atoms with E-state index in [2.05, 4.69) is 12.1 Å². The number of hydrogen-bond donors (Lipinski definition) is 0. The van der Waals surface area contributed by atoms with Gasteiger partial charge in [0.2, 0.25) is 0 Å². The van der Waals surface area contributed by atoms with Gasteiger partial charge in [-0.1, -0.05) is 50.7 Å². The molecule has 0 radical (unpaired) electrons. The van der Waals surface area contributed by atoms with E-state index in [1.54, 1.807) is 10.4 Å². The van der Waals surface area contributed by atoms with Gasteiger partial charge in [0.25, 0.3) is 0 Å². The van der Waals surface area contributed by atoms with Gasteiger partial charge in [0.1, 0.15) is 0 Å². The van der Waals surface area contributed by atoms with Crippen molar-refractivity contribution in [1.29, 1.82) is 0 Å². The lowest BCUT2D eigenvalue weighted by Gasteiger charge is -2.34. The SMILES string of the molecule is c1cc2c(C3CCCCC3)c(C3CCCCC3)c1=2. The van der Waals surface area contributed by atoms with Gasteiger partial charge in [0, 0.05) is 0 Å². The summed E-state index contributed by atoms with van der Waals surface area (Å²) in [6.45, 7) is 0. The molecule has 4 rings (SSSR count). The number of rotatable bonds is 2. The van der Waals surface area contributed by atoms with Crippen LogP contribution in [0.25, 0.3) is 0 Å². The molecule has 0 unspecified atom stereocenters. The molecule has 2 fully saturated rings. The van der Waals surface area contributed by atoms with Gasteiger partial charge in [-0.05, 0) is 59.1 Å². The molecule has 0 saturated heterocycles. The molecule has 0 amide bonds. The molecule has 0 heteroatoms. The van der Waals surface area contributed by atoms with Crippen LogP contribution in [-0.2, 0) is 0 Å². The van der Waals surface area contributed by atoms with Crippen molar-refractivity contribution in [1.82, 2.24) is 0 Å². The van der Waals surface area contributed by atoms with Gasteiger partial charge in [-0.3, -0.25) is 0 Å². The molecule has 0 spiro atoms. The Balaban J connectivity index is 1.66. The first kappa shape index (κ1) is 11.1. The average molecular weight is 240 g/mol. The first-order valence-corrected chi connectivity index (χ1v) is 8.12. The van der Waals surface area contributed by atoms with E-state index >= 15 is 0 Å². The van der Waals surface area contributed by atoms with E-state index in [-0.39, 0.29) is 0 Å². The summed E-state index contributed by atoms with van der Waals surface area (Å²) in [4.78, 5) is 0. The normalized spacial score (nSPS) is 24.2. The van der Waals surface area contributed by atoms with Crippen LogP contribution in [0.1, 0.15) is 87.2 Å². The second-order valence-electron chi connectivity index (χ2n) is 6.66. The standard InChI is InChI=1S/C18H24/c1-3-7-13(8-4-1)17-15-11-12-16(15)18(17)14-9-5-2-6-10-14/h11-14H,1-10H2. The maximum atomic E-state index is 2.38. The molecule has 0 heterocycles. The van der Waals surface area contributed by atoms with Crippen molar-refractivity contribution in [3.8, 4) is 0 Å². The van der Waals surface area contributed by atoms with E-state index < -0.39 is 0 Å². The number of benzene rings is 1. The highest BCUT2D eigenvalue weighted by Gasteiger charge is 2.29. The van der Waals surface area contributed by atoms with Gasteiger partial charge in [-0.2, -0.15) is 0 Å². The lowest BCUT2D eigenvalue weighted by molar-refractivity contribution is 0.412. The van der Waals surface area contributed by atoms with E-state index in [0.717, 1.165) is 11.8 Å². The molecule has 0 aliphatic heterocycles. The second kappa shape index (κ2) is 4.40. The Hall–Kier alpha value is -0.780. The summed E-state index contributed by atoms with van der Waals surface area (Å²) in [5.41, 5.74) is 3.67. The fraction of sp³-hybridized carbons (Fsp3) is 0.667. The zero-order valence-corrected chi connectivity index (χ0v) is 11.4. The Morgan fingerprint density at radius 2 is 0.944 bits per heavy atom. The van der Waals surface area contributed by atoms with Gasteiger partial charge in [-0.15, -0.1) is 0 Å². The van der Waals surface area contributed by atoms with E-state index in [0.29, 0.717) is 0 Å². The fourth-order valence-corrected chi connectivity index (χ4v) is 4.61. The molecule has 18 heavy (non-hydrogen) atoms. The molecule has 0 aromatic carbocycles. The minimum Gasteiger partial charge on any atom is -0.0534 e. The summed E-state index contributed by atoms with van der Waals surface area (Å²) in [5.74, 6) is 1.86. The highest BCUT2D eigenvalue weighted by Crippen LogP contribution is 2.45. The Morgan fingerprint density at radius 3 is 1.28 bits per heavy atom. The Morgan fingerprint density at radius 1 is 0.556 bits per heavy atom. The van der Waals surface area contributed by atoms with Crippen LogP contribution in [0.15, 0.2) is 12.1 Å². The zero-order valence-electron chi connectivity index (χ0n) is 11.4. The second-order valence-corrected chi connectivity index (χ2v) is 6.66. The van der Waals surface area contributed by atoms with Gasteiger partial charge >= 0.3 is 0 Å². The third-order valence-electron chi connectivity index (χ3n) is 5.60. The van der Waals surface area contributed by atoms with Crippen molar-refractivity contribution in [2.24, 2.45) is 0 Å². The zero-order chi connectivity index (χ0) is 11.9. The van der Waals surface area contributed by atoms with E-state index in [4.69, 9.17) is 0 Å². The highest BCUT2D eigenvalue weighted by molar-refractivity contribution is 5.47. The van der Waals surface area contributed by atoms with Crippen molar-refractivity contribution in [2.45, 2.75) is 76.0 Å². The smallest absolute Gasteiger partial charge is 0.0143 e. The predicted molar refractivity (Wildman–Crippen MR) is 75.8 cm³/mol. The molecule has 0 nitrogen and oxygen atoms in total. The quantitative estimate of drug-likeness (QED) is 0.661. The van der Waals surface area contributed by atoms with E-state index in [1.165, 1.54) is 64.2 Å². The van der Waals surface area contributed by atoms with E-state index in [1.807, 2.05) is 11.1 Å². The molecular weight excluding hydrogens is 216 g/mol. The first-order chi connectivity index (χ1) is 8.95. The summed E-state index contributed by atoms with van der Waals surface area (Å²) in [7, 11) is 0. The van der Waals surface area contributed by atoms with Gasteiger partial charge in [0.15, 0.2) is 0 Å². The van der Waals surface area contributed by atoms with Crippen molar-refractivity contribution >= 4 is 0 Å². The van der Waals surface area contributed by atoms with Crippen LogP contribution in [0, 0.1) is 10.4 Å². The predicted octanol–water partition coefficient (Wildman–Crippen LogP) is 5.38. The van der Waals surface area contributed by atoms with Crippen molar-refractivity contribution in [2.75, 3.05) is 0 Å². The highest BCUT2D eigenvalue weighted by atomic mass is 14.3. The minimum absolute atomic E-state index is 0.930. The maximum absolute atomic E-state index is 2.38. The molecule has 0 bridgehead atoms. The third-order valence-corrected chi connectivity index (χ3v) is 5.60. The Labute approximate surface area is 110 Å². The van der Waals surface area contributed by atoms with Crippen LogP contribution in [0.3, 0.4) is 0 Å². The molecule has 4 aliphatic carbocycles. The topological polar surface area (TPSA) is 0 Å². The van der Waals surface area contributed by atoms with E-state index in [9.17, 15) is 0 Å². The van der Waals surface area contributed by atoms with Crippen LogP contribution in [0.5, 0.6) is 0 Å². The minimum atomic E-state index is 0.930. The van der Waals surface area contributed by atoms with Crippen LogP contribution < -0.4 is 0 Å². The molecule has 96 valence electrons. The molecule has 4 aliphatic rings. The lowest BCUT2D eigenvalue weighted by atomic mass is 9.70. The third kappa shape index (κ3) is 1.57. The fourth-order valence-electron chi connectivity index (χ4n) is 4.61. The molecule has 0 aromatic heterocycles. The first-order valence-electron chi connectivity index (χ1n) is 8.12. The summed E-state index contributed by atoms with van der Waals surface area (Å²) in [6.07, 6.45) is 14.7. The molecule has 0 atom stereocenters. The van der Waals surface area contributed by atoms with Crippen LogP contribution >= 0.6 is 0 Å². The van der Waals surface area contributed by atoms with Gasteiger partial charge in [0.05, 0.1) is 0 Å². The monoisotopic (exact) mass is 240 g/mol. The average Bonchev–Trinajstić information content (AvgIpc) is 2.43. The van der Waals surface area contributed by atoms with Crippen LogP contribution in [0.4, 0.5) is 0 Å². The summed E-state index contributed by atoms with van der Waals surface area (Å²) < 4.78 is 0. The molecular formula is C18H24. The van der Waals surface area contributed by atoms with Crippen molar-refractivity contribution in [3.05, 3.63) is 33.7 Å². The van der Waals surface area contributed by atoms with Crippen molar-refractivity contribution in [3.63, 3.8) is 0 Å². The summed E-state index contributed by atoms with van der Waals surface area (Å²) >= 11 is 0.